The smallest absolute Gasteiger partial charge is 0.308 e. The van der Waals surface area contributed by atoms with E-state index in [0.29, 0.717) is 5.69 Å². The standard InChI is InChI=1S/C17H16N4O/c1-11-3-4-13(9-12(11)2)20-17(22)21-14-5-6-15-16(10-14)19-8-7-18-15/h3-10H,1-2H3,(H2,20,21,22). The summed E-state index contributed by atoms with van der Waals surface area (Å²) in [6.07, 6.45) is 3.27. The molecule has 3 rings (SSSR count). The summed E-state index contributed by atoms with van der Waals surface area (Å²) in [5, 5.41) is 5.62. The molecule has 5 nitrogen and oxygen atoms in total. The van der Waals surface area contributed by atoms with Gasteiger partial charge in [-0.25, -0.2) is 4.79 Å². The number of fused-ring (bicyclic) bond motifs is 1. The quantitative estimate of drug-likeness (QED) is 0.753. The number of hydrogen-bond donors (Lipinski definition) is 2. The van der Waals surface area contributed by atoms with Crippen LogP contribution in [0.2, 0.25) is 0 Å². The third-order valence-electron chi connectivity index (χ3n) is 3.49. The number of nitrogens with zero attached hydrogens (tertiary/aromatic N) is 2. The van der Waals surface area contributed by atoms with Crippen LogP contribution in [0.5, 0.6) is 0 Å². The van der Waals surface area contributed by atoms with Crippen molar-refractivity contribution in [3.05, 3.63) is 59.9 Å². The first-order valence-electron chi connectivity index (χ1n) is 6.98. The monoisotopic (exact) mass is 292 g/mol. The van der Waals surface area contributed by atoms with Crippen molar-refractivity contribution in [2.24, 2.45) is 0 Å². The molecular weight excluding hydrogens is 276 g/mol. The Kier molecular flexibility index (Phi) is 3.70. The van der Waals surface area contributed by atoms with Crippen LogP contribution >= 0.6 is 0 Å². The summed E-state index contributed by atoms with van der Waals surface area (Å²) >= 11 is 0. The Bertz CT molecular complexity index is 845. The number of rotatable bonds is 2. The van der Waals surface area contributed by atoms with Gasteiger partial charge in [0.15, 0.2) is 0 Å². The number of anilines is 2. The fraction of sp³-hybridized carbons (Fsp3) is 0.118. The molecule has 1 aromatic heterocycles. The van der Waals surface area contributed by atoms with E-state index >= 15 is 0 Å². The highest BCUT2D eigenvalue weighted by Crippen LogP contribution is 2.17. The predicted molar refractivity (Wildman–Crippen MR) is 88.1 cm³/mol. The Labute approximate surface area is 128 Å². The van der Waals surface area contributed by atoms with Crippen molar-refractivity contribution in [2.45, 2.75) is 13.8 Å². The average molecular weight is 292 g/mol. The zero-order valence-electron chi connectivity index (χ0n) is 12.4. The first-order chi connectivity index (χ1) is 10.6. The average Bonchev–Trinajstić information content (AvgIpc) is 2.51. The number of amides is 2. The SMILES string of the molecule is Cc1ccc(NC(=O)Nc2ccc3nccnc3c2)cc1C. The maximum Gasteiger partial charge on any atom is 0.323 e. The van der Waals surface area contributed by atoms with Gasteiger partial charge in [0, 0.05) is 23.8 Å². The minimum Gasteiger partial charge on any atom is -0.308 e. The highest BCUT2D eigenvalue weighted by atomic mass is 16.2. The van der Waals surface area contributed by atoms with E-state index in [2.05, 4.69) is 20.6 Å². The summed E-state index contributed by atoms with van der Waals surface area (Å²) in [6.45, 7) is 4.05. The van der Waals surface area contributed by atoms with Gasteiger partial charge in [0.05, 0.1) is 11.0 Å². The van der Waals surface area contributed by atoms with Crippen LogP contribution in [0.3, 0.4) is 0 Å². The van der Waals surface area contributed by atoms with Crippen molar-refractivity contribution in [3.63, 3.8) is 0 Å². The molecule has 0 radical (unpaired) electrons. The molecule has 0 bridgehead atoms. The van der Waals surface area contributed by atoms with E-state index in [0.717, 1.165) is 22.3 Å². The normalized spacial score (nSPS) is 10.5. The third kappa shape index (κ3) is 3.03. The van der Waals surface area contributed by atoms with E-state index in [-0.39, 0.29) is 6.03 Å². The highest BCUT2D eigenvalue weighted by Gasteiger charge is 2.05. The van der Waals surface area contributed by atoms with Crippen LogP contribution in [0.15, 0.2) is 48.8 Å². The first kappa shape index (κ1) is 14.0. The molecule has 0 aliphatic heterocycles. The summed E-state index contributed by atoms with van der Waals surface area (Å²) in [7, 11) is 0. The summed E-state index contributed by atoms with van der Waals surface area (Å²) in [6, 6.07) is 10.9. The van der Waals surface area contributed by atoms with Crippen molar-refractivity contribution < 1.29 is 4.79 Å². The molecule has 22 heavy (non-hydrogen) atoms. The minimum absolute atomic E-state index is 0.286. The van der Waals surface area contributed by atoms with Crippen molar-refractivity contribution in [1.82, 2.24) is 9.97 Å². The number of hydrogen-bond acceptors (Lipinski definition) is 3. The lowest BCUT2D eigenvalue weighted by atomic mass is 10.1. The second-order valence-corrected chi connectivity index (χ2v) is 5.14. The van der Waals surface area contributed by atoms with Gasteiger partial charge >= 0.3 is 6.03 Å². The Hall–Kier alpha value is -2.95. The first-order valence-corrected chi connectivity index (χ1v) is 6.98. The van der Waals surface area contributed by atoms with E-state index in [4.69, 9.17) is 0 Å². The van der Waals surface area contributed by atoms with Gasteiger partial charge in [0.2, 0.25) is 0 Å². The lowest BCUT2D eigenvalue weighted by Crippen LogP contribution is -2.19. The van der Waals surface area contributed by atoms with E-state index < -0.39 is 0 Å². The lowest BCUT2D eigenvalue weighted by Gasteiger charge is -2.09. The van der Waals surface area contributed by atoms with Crippen LogP contribution in [0, 0.1) is 13.8 Å². The van der Waals surface area contributed by atoms with Crippen LogP contribution < -0.4 is 10.6 Å². The van der Waals surface area contributed by atoms with Crippen molar-refractivity contribution >= 4 is 28.4 Å². The van der Waals surface area contributed by atoms with E-state index in [9.17, 15) is 4.79 Å². The van der Waals surface area contributed by atoms with Crippen LogP contribution in [0.25, 0.3) is 11.0 Å². The molecule has 5 heteroatoms. The molecule has 0 aliphatic carbocycles. The molecule has 0 saturated heterocycles. The Morgan fingerprint density at radius 2 is 1.45 bits per heavy atom. The maximum absolute atomic E-state index is 12.1. The molecular formula is C17H16N4O. The molecule has 110 valence electrons. The molecule has 0 fully saturated rings. The van der Waals surface area contributed by atoms with Crippen LogP contribution in [-0.4, -0.2) is 16.0 Å². The summed E-state index contributed by atoms with van der Waals surface area (Å²) in [5.74, 6) is 0. The molecule has 1 heterocycles. The predicted octanol–water partition coefficient (Wildman–Crippen LogP) is 3.89. The number of carbonyl (C=O) groups excluding carboxylic acids is 1. The molecule has 2 N–H and O–H groups in total. The van der Waals surface area contributed by atoms with Crippen molar-refractivity contribution in [2.75, 3.05) is 10.6 Å². The molecule has 0 spiro atoms. The topological polar surface area (TPSA) is 66.9 Å². The van der Waals surface area contributed by atoms with Gasteiger partial charge in [0.1, 0.15) is 0 Å². The summed E-state index contributed by atoms with van der Waals surface area (Å²) in [5.41, 5.74) is 5.31. The number of carbonyl (C=O) groups is 1. The number of nitrogens with one attached hydrogen (secondary N) is 2. The molecule has 2 aromatic carbocycles. The lowest BCUT2D eigenvalue weighted by molar-refractivity contribution is 0.262. The second-order valence-electron chi connectivity index (χ2n) is 5.14. The van der Waals surface area contributed by atoms with Gasteiger partial charge < -0.3 is 10.6 Å². The van der Waals surface area contributed by atoms with Crippen LogP contribution in [0.1, 0.15) is 11.1 Å². The van der Waals surface area contributed by atoms with Gasteiger partial charge in [-0.2, -0.15) is 0 Å². The fourth-order valence-electron chi connectivity index (χ4n) is 2.15. The number of benzene rings is 2. The minimum atomic E-state index is -0.286. The molecule has 0 atom stereocenters. The zero-order chi connectivity index (χ0) is 15.5. The van der Waals surface area contributed by atoms with Crippen LogP contribution in [-0.2, 0) is 0 Å². The largest absolute Gasteiger partial charge is 0.323 e. The molecule has 2 amide bonds. The summed E-state index contributed by atoms with van der Waals surface area (Å²) in [4.78, 5) is 20.5. The number of urea groups is 1. The molecule has 0 unspecified atom stereocenters. The van der Waals surface area contributed by atoms with Gasteiger partial charge in [-0.15, -0.1) is 0 Å². The van der Waals surface area contributed by atoms with E-state index in [1.165, 1.54) is 5.56 Å². The van der Waals surface area contributed by atoms with Gasteiger partial charge in [-0.1, -0.05) is 6.07 Å². The molecule has 0 saturated carbocycles. The van der Waals surface area contributed by atoms with Gasteiger partial charge in [-0.05, 0) is 55.3 Å². The number of aromatic nitrogens is 2. The van der Waals surface area contributed by atoms with Crippen LogP contribution in [0.4, 0.5) is 16.2 Å². The fourth-order valence-corrected chi connectivity index (χ4v) is 2.15. The summed E-state index contributed by atoms with van der Waals surface area (Å²) < 4.78 is 0. The highest BCUT2D eigenvalue weighted by molar-refractivity contribution is 6.00. The zero-order valence-corrected chi connectivity index (χ0v) is 12.4. The Morgan fingerprint density at radius 3 is 2.18 bits per heavy atom. The van der Waals surface area contributed by atoms with Gasteiger partial charge in [0.25, 0.3) is 0 Å². The Balaban J connectivity index is 1.73. The van der Waals surface area contributed by atoms with E-state index in [1.54, 1.807) is 24.5 Å². The van der Waals surface area contributed by atoms with Gasteiger partial charge in [-0.3, -0.25) is 9.97 Å². The number of aryl methyl sites for hydroxylation is 2. The maximum atomic E-state index is 12.1. The molecule has 3 aromatic rings. The molecule has 0 aliphatic rings. The third-order valence-corrected chi connectivity index (χ3v) is 3.49. The van der Waals surface area contributed by atoms with Crippen molar-refractivity contribution in [3.8, 4) is 0 Å². The Morgan fingerprint density at radius 1 is 0.818 bits per heavy atom. The van der Waals surface area contributed by atoms with E-state index in [1.807, 2.05) is 38.1 Å². The van der Waals surface area contributed by atoms with Crippen molar-refractivity contribution in [1.29, 1.82) is 0 Å². The second kappa shape index (κ2) is 5.81.